The highest BCUT2D eigenvalue weighted by Crippen LogP contribution is 2.29. The number of H-pyrrole nitrogens is 1. The summed E-state index contributed by atoms with van der Waals surface area (Å²) in [5.41, 5.74) is 1.74. The first-order chi connectivity index (χ1) is 12.6. The van der Waals surface area contributed by atoms with Gasteiger partial charge in [0.1, 0.15) is 24.4 Å². The zero-order valence-corrected chi connectivity index (χ0v) is 16.8. The average Bonchev–Trinajstić information content (AvgIpc) is 3.04. The molecular formula is C17H14BrClN4O2S. The van der Waals surface area contributed by atoms with Crippen LogP contribution in [0, 0.1) is 4.77 Å². The average molecular weight is 454 g/mol. The van der Waals surface area contributed by atoms with Crippen molar-refractivity contribution in [3.63, 3.8) is 0 Å². The number of halogens is 2. The lowest BCUT2D eigenvalue weighted by molar-refractivity contribution is 0.297. The van der Waals surface area contributed by atoms with Gasteiger partial charge in [0.25, 0.3) is 0 Å². The molecule has 0 amide bonds. The number of benzene rings is 2. The Kier molecular flexibility index (Phi) is 6.08. The number of hydrogen-bond acceptors (Lipinski definition) is 5. The summed E-state index contributed by atoms with van der Waals surface area (Å²) >= 11 is 14.6. The highest BCUT2D eigenvalue weighted by atomic mass is 79.9. The molecule has 1 aromatic heterocycles. The fourth-order valence-electron chi connectivity index (χ4n) is 2.19. The van der Waals surface area contributed by atoms with Crippen LogP contribution in [-0.2, 0) is 6.61 Å². The third-order valence-electron chi connectivity index (χ3n) is 3.45. The predicted molar refractivity (Wildman–Crippen MR) is 107 cm³/mol. The molecule has 0 saturated heterocycles. The lowest BCUT2D eigenvalue weighted by Crippen LogP contribution is -2.01. The summed E-state index contributed by atoms with van der Waals surface area (Å²) in [4.78, 5) is 0. The first-order valence-corrected chi connectivity index (χ1v) is 9.06. The van der Waals surface area contributed by atoms with Crippen LogP contribution >= 0.6 is 39.7 Å². The lowest BCUT2D eigenvalue weighted by atomic mass is 10.1. The van der Waals surface area contributed by atoms with Crippen LogP contribution in [0.1, 0.15) is 11.1 Å². The van der Waals surface area contributed by atoms with Gasteiger partial charge in [-0.1, -0.05) is 27.5 Å². The molecule has 6 nitrogen and oxygen atoms in total. The number of aromatic amines is 1. The number of rotatable bonds is 6. The molecule has 0 spiro atoms. The van der Waals surface area contributed by atoms with Crippen LogP contribution in [0.2, 0.25) is 5.02 Å². The third kappa shape index (κ3) is 4.51. The van der Waals surface area contributed by atoms with E-state index in [1.54, 1.807) is 19.4 Å². The van der Waals surface area contributed by atoms with Gasteiger partial charge in [-0.3, -0.25) is 5.10 Å². The largest absolute Gasteiger partial charge is 0.496 e. The molecule has 0 aliphatic rings. The minimum atomic E-state index is 0.303. The van der Waals surface area contributed by atoms with Crippen LogP contribution < -0.4 is 9.47 Å². The molecule has 0 fully saturated rings. The Labute approximate surface area is 168 Å². The molecular weight excluding hydrogens is 440 g/mol. The molecule has 3 rings (SSSR count). The summed E-state index contributed by atoms with van der Waals surface area (Å²) < 4.78 is 14.0. The van der Waals surface area contributed by atoms with Gasteiger partial charge in [-0.05, 0) is 54.2 Å². The Bertz CT molecular complexity index is 1000. The second kappa shape index (κ2) is 8.48. The Balaban J connectivity index is 1.80. The van der Waals surface area contributed by atoms with E-state index in [1.807, 2.05) is 30.3 Å². The van der Waals surface area contributed by atoms with E-state index in [9.17, 15) is 0 Å². The molecule has 0 aliphatic heterocycles. The van der Waals surface area contributed by atoms with E-state index in [0.29, 0.717) is 22.2 Å². The number of aromatic nitrogens is 3. The minimum Gasteiger partial charge on any atom is -0.496 e. The zero-order valence-electron chi connectivity index (χ0n) is 13.6. The normalized spacial score (nSPS) is 11.0. The zero-order chi connectivity index (χ0) is 18.5. The molecule has 0 unspecified atom stereocenters. The van der Waals surface area contributed by atoms with Crippen molar-refractivity contribution in [1.29, 1.82) is 0 Å². The number of ether oxygens (including phenoxy) is 2. The molecule has 0 atom stereocenters. The van der Waals surface area contributed by atoms with E-state index in [2.05, 4.69) is 31.2 Å². The van der Waals surface area contributed by atoms with Crippen molar-refractivity contribution in [2.45, 2.75) is 6.61 Å². The van der Waals surface area contributed by atoms with E-state index in [0.717, 1.165) is 21.3 Å². The Morgan fingerprint density at radius 2 is 2.12 bits per heavy atom. The van der Waals surface area contributed by atoms with Crippen molar-refractivity contribution in [2.24, 2.45) is 5.10 Å². The van der Waals surface area contributed by atoms with Crippen LogP contribution in [0.5, 0.6) is 11.5 Å². The van der Waals surface area contributed by atoms with Gasteiger partial charge in [0.15, 0.2) is 0 Å². The van der Waals surface area contributed by atoms with Crippen molar-refractivity contribution in [3.05, 3.63) is 68.1 Å². The van der Waals surface area contributed by atoms with E-state index < -0.39 is 0 Å². The number of methoxy groups -OCH3 is 1. The van der Waals surface area contributed by atoms with Gasteiger partial charge in [-0.25, -0.2) is 0 Å². The topological polar surface area (TPSA) is 64.4 Å². The fraction of sp³-hybridized carbons (Fsp3) is 0.118. The summed E-state index contributed by atoms with van der Waals surface area (Å²) in [6.07, 6.45) is 3.18. The van der Waals surface area contributed by atoms with Crippen molar-refractivity contribution >= 4 is 46.0 Å². The highest BCUT2D eigenvalue weighted by molar-refractivity contribution is 9.10. The summed E-state index contributed by atoms with van der Waals surface area (Å²) in [5, 5.41) is 11.3. The van der Waals surface area contributed by atoms with Gasteiger partial charge in [-0.2, -0.15) is 14.9 Å². The number of nitrogens with one attached hydrogen (secondary N) is 1. The first-order valence-electron chi connectivity index (χ1n) is 7.48. The molecule has 0 saturated carbocycles. The molecule has 0 aliphatic carbocycles. The molecule has 1 N–H and O–H groups in total. The molecule has 0 radical (unpaired) electrons. The molecule has 9 heteroatoms. The maximum Gasteiger partial charge on any atom is 0.216 e. The van der Waals surface area contributed by atoms with Crippen molar-refractivity contribution in [3.8, 4) is 11.5 Å². The van der Waals surface area contributed by atoms with E-state index in [4.69, 9.17) is 33.3 Å². The van der Waals surface area contributed by atoms with E-state index >= 15 is 0 Å². The van der Waals surface area contributed by atoms with Gasteiger partial charge >= 0.3 is 0 Å². The maximum absolute atomic E-state index is 6.19. The summed E-state index contributed by atoms with van der Waals surface area (Å²) in [5.74, 6) is 1.32. The van der Waals surface area contributed by atoms with Crippen LogP contribution in [-0.4, -0.2) is 28.2 Å². The molecule has 0 bridgehead atoms. The monoisotopic (exact) mass is 452 g/mol. The van der Waals surface area contributed by atoms with Crippen LogP contribution in [0.25, 0.3) is 0 Å². The first kappa shape index (κ1) is 18.6. The van der Waals surface area contributed by atoms with Crippen LogP contribution in [0.3, 0.4) is 0 Å². The van der Waals surface area contributed by atoms with Crippen LogP contribution in [0.4, 0.5) is 0 Å². The van der Waals surface area contributed by atoms with Gasteiger partial charge in [-0.15, -0.1) is 0 Å². The van der Waals surface area contributed by atoms with Crippen LogP contribution in [0.15, 0.2) is 52.3 Å². The standard InChI is InChI=1S/C17H14BrClN4O2S/c1-24-15-4-2-11(8-21-23-10-20-22-17(23)26)6-12(15)9-25-16-5-3-13(18)7-14(16)19/h2-8,10H,9H2,1H3,(H,22,26). The minimum absolute atomic E-state index is 0.303. The Morgan fingerprint density at radius 3 is 2.81 bits per heavy atom. The third-order valence-corrected chi connectivity index (χ3v) is 4.52. The van der Waals surface area contributed by atoms with E-state index in [1.165, 1.54) is 11.0 Å². The summed E-state index contributed by atoms with van der Waals surface area (Å²) in [7, 11) is 1.62. The predicted octanol–water partition coefficient (Wildman–Crippen LogP) is 4.83. The summed E-state index contributed by atoms with van der Waals surface area (Å²) in [6, 6.07) is 11.1. The number of hydrogen-bond donors (Lipinski definition) is 1. The maximum atomic E-state index is 6.19. The molecule has 3 aromatic rings. The highest BCUT2D eigenvalue weighted by Gasteiger charge is 2.08. The second-order valence-corrected chi connectivity index (χ2v) is 6.89. The van der Waals surface area contributed by atoms with Gasteiger partial charge in [0.2, 0.25) is 4.77 Å². The van der Waals surface area contributed by atoms with Gasteiger partial charge in [0.05, 0.1) is 18.3 Å². The second-order valence-electron chi connectivity index (χ2n) is 5.19. The molecule has 26 heavy (non-hydrogen) atoms. The quantitative estimate of drug-likeness (QED) is 0.429. The molecule has 2 aromatic carbocycles. The van der Waals surface area contributed by atoms with E-state index in [-0.39, 0.29) is 0 Å². The Hall–Kier alpha value is -2.16. The van der Waals surface area contributed by atoms with Gasteiger partial charge in [0, 0.05) is 10.0 Å². The van der Waals surface area contributed by atoms with Gasteiger partial charge < -0.3 is 9.47 Å². The SMILES string of the molecule is COc1ccc(C=Nn2cn[nH]c2=S)cc1COc1ccc(Br)cc1Cl. The number of nitrogens with zero attached hydrogens (tertiary/aromatic N) is 3. The fourth-order valence-corrected chi connectivity index (χ4v) is 3.07. The summed E-state index contributed by atoms with van der Waals surface area (Å²) in [6.45, 7) is 0.303. The molecule has 1 heterocycles. The van der Waals surface area contributed by atoms with Crippen molar-refractivity contribution in [2.75, 3.05) is 7.11 Å². The molecule has 134 valence electrons. The van der Waals surface area contributed by atoms with Crippen molar-refractivity contribution in [1.82, 2.24) is 14.9 Å². The Morgan fingerprint density at radius 1 is 1.31 bits per heavy atom. The van der Waals surface area contributed by atoms with Crippen molar-refractivity contribution < 1.29 is 9.47 Å². The smallest absolute Gasteiger partial charge is 0.216 e. The lowest BCUT2D eigenvalue weighted by Gasteiger charge is -2.12.